The van der Waals surface area contributed by atoms with Gasteiger partial charge in [-0.25, -0.2) is 9.97 Å². The van der Waals surface area contributed by atoms with Crippen LogP contribution in [0.3, 0.4) is 0 Å². The van der Waals surface area contributed by atoms with Crippen molar-refractivity contribution in [1.29, 1.82) is 0 Å². The van der Waals surface area contributed by atoms with Gasteiger partial charge in [0.2, 0.25) is 5.95 Å². The van der Waals surface area contributed by atoms with Gasteiger partial charge in [-0.3, -0.25) is 4.79 Å². The number of nitrogens with one attached hydrogen (secondary N) is 2. The molecule has 0 saturated heterocycles. The molecule has 0 aliphatic carbocycles. The molecular weight excluding hydrogens is 368 g/mol. The maximum absolute atomic E-state index is 12.5. The van der Waals surface area contributed by atoms with Crippen LogP contribution in [-0.4, -0.2) is 30.1 Å². The van der Waals surface area contributed by atoms with Crippen molar-refractivity contribution in [3.8, 4) is 11.5 Å². The van der Waals surface area contributed by atoms with E-state index in [2.05, 4.69) is 27.5 Å². The lowest BCUT2D eigenvalue weighted by Gasteiger charge is -2.11. The topological polar surface area (TPSA) is 85.4 Å². The fourth-order valence-corrected chi connectivity index (χ4v) is 2.76. The second-order valence-corrected chi connectivity index (χ2v) is 6.56. The van der Waals surface area contributed by atoms with Crippen molar-refractivity contribution in [2.24, 2.45) is 0 Å². The zero-order valence-electron chi connectivity index (χ0n) is 16.9. The van der Waals surface area contributed by atoms with Gasteiger partial charge in [0.05, 0.1) is 14.2 Å². The lowest BCUT2D eigenvalue weighted by Crippen LogP contribution is -2.24. The first-order valence-electron chi connectivity index (χ1n) is 9.16. The highest BCUT2D eigenvalue weighted by Gasteiger charge is 2.10. The van der Waals surface area contributed by atoms with Gasteiger partial charge in [-0.1, -0.05) is 12.1 Å². The van der Waals surface area contributed by atoms with Crippen molar-refractivity contribution >= 4 is 17.5 Å². The van der Waals surface area contributed by atoms with E-state index < -0.39 is 0 Å². The summed E-state index contributed by atoms with van der Waals surface area (Å²) in [4.78, 5) is 21.0. The predicted octanol–water partition coefficient (Wildman–Crippen LogP) is 3.78. The van der Waals surface area contributed by atoms with Crippen LogP contribution in [0.4, 0.5) is 11.6 Å². The first-order valence-corrected chi connectivity index (χ1v) is 9.16. The van der Waals surface area contributed by atoms with Gasteiger partial charge in [-0.05, 0) is 60.9 Å². The Kier molecular flexibility index (Phi) is 6.29. The lowest BCUT2D eigenvalue weighted by atomic mass is 10.1. The Morgan fingerprint density at radius 1 is 0.966 bits per heavy atom. The molecule has 1 amide bonds. The van der Waals surface area contributed by atoms with Crippen LogP contribution in [-0.2, 0) is 6.54 Å². The Balaban J connectivity index is 1.67. The third-order valence-electron chi connectivity index (χ3n) is 4.55. The Morgan fingerprint density at radius 2 is 1.76 bits per heavy atom. The largest absolute Gasteiger partial charge is 0.493 e. The molecule has 1 heterocycles. The molecule has 3 rings (SSSR count). The van der Waals surface area contributed by atoms with Crippen molar-refractivity contribution in [1.82, 2.24) is 15.3 Å². The van der Waals surface area contributed by atoms with Crippen molar-refractivity contribution in [3.63, 3.8) is 0 Å². The SMILES string of the molecule is COc1ccc(CNC(=O)c2ccnc(Nc3ccc(C)c(C)c3)n2)cc1OC. The molecule has 2 aromatic carbocycles. The monoisotopic (exact) mass is 392 g/mol. The standard InChI is InChI=1S/C22H24N4O3/c1-14-5-7-17(11-15(14)2)25-22-23-10-9-18(26-22)21(27)24-13-16-6-8-19(28-3)20(12-16)29-4/h5-12H,13H2,1-4H3,(H,24,27)(H,23,25,26). The highest BCUT2D eigenvalue weighted by atomic mass is 16.5. The number of nitrogens with zero attached hydrogens (tertiary/aromatic N) is 2. The number of anilines is 2. The molecule has 7 nitrogen and oxygen atoms in total. The summed E-state index contributed by atoms with van der Waals surface area (Å²) in [6.45, 7) is 4.43. The molecule has 0 aliphatic heterocycles. The molecule has 29 heavy (non-hydrogen) atoms. The highest BCUT2D eigenvalue weighted by Crippen LogP contribution is 2.27. The maximum Gasteiger partial charge on any atom is 0.270 e. The van der Waals surface area contributed by atoms with E-state index in [4.69, 9.17) is 9.47 Å². The Labute approximate surface area is 170 Å². The van der Waals surface area contributed by atoms with Gasteiger partial charge < -0.3 is 20.1 Å². The third kappa shape index (κ3) is 5.01. The summed E-state index contributed by atoms with van der Waals surface area (Å²) in [6, 6.07) is 13.1. The van der Waals surface area contributed by atoms with E-state index in [1.807, 2.05) is 37.3 Å². The number of hydrogen-bond donors (Lipinski definition) is 2. The number of benzene rings is 2. The summed E-state index contributed by atoms with van der Waals surface area (Å²) in [5.41, 5.74) is 4.42. The minimum absolute atomic E-state index is 0.284. The highest BCUT2D eigenvalue weighted by molar-refractivity contribution is 5.92. The fourth-order valence-electron chi connectivity index (χ4n) is 2.76. The number of amides is 1. The zero-order chi connectivity index (χ0) is 20.8. The quantitative estimate of drug-likeness (QED) is 0.636. The van der Waals surface area contributed by atoms with E-state index in [9.17, 15) is 4.79 Å². The fraction of sp³-hybridized carbons (Fsp3) is 0.227. The van der Waals surface area contributed by atoms with Gasteiger partial charge >= 0.3 is 0 Å². The van der Waals surface area contributed by atoms with E-state index in [0.717, 1.165) is 11.3 Å². The Hall–Kier alpha value is -3.61. The molecular formula is C22H24N4O3. The van der Waals surface area contributed by atoms with Crippen LogP contribution in [0.15, 0.2) is 48.7 Å². The van der Waals surface area contributed by atoms with Gasteiger partial charge in [0.15, 0.2) is 11.5 Å². The van der Waals surface area contributed by atoms with Gasteiger partial charge in [0.1, 0.15) is 5.69 Å². The van der Waals surface area contributed by atoms with Crippen LogP contribution < -0.4 is 20.1 Å². The van der Waals surface area contributed by atoms with E-state index in [1.54, 1.807) is 32.5 Å². The summed E-state index contributed by atoms with van der Waals surface area (Å²) in [6.07, 6.45) is 1.56. The van der Waals surface area contributed by atoms with Crippen molar-refractivity contribution < 1.29 is 14.3 Å². The van der Waals surface area contributed by atoms with Crippen molar-refractivity contribution in [3.05, 3.63) is 71.0 Å². The number of carbonyl (C=O) groups is 1. The molecule has 7 heteroatoms. The average molecular weight is 392 g/mol. The van der Waals surface area contributed by atoms with Crippen LogP contribution in [0.25, 0.3) is 0 Å². The first kappa shape index (κ1) is 20.1. The minimum atomic E-state index is -0.287. The number of ether oxygens (including phenoxy) is 2. The maximum atomic E-state index is 12.5. The second-order valence-electron chi connectivity index (χ2n) is 6.56. The Bertz CT molecular complexity index is 1020. The second kappa shape index (κ2) is 9.05. The van der Waals surface area contributed by atoms with Gasteiger partial charge in [0, 0.05) is 18.4 Å². The number of methoxy groups -OCH3 is 2. The van der Waals surface area contributed by atoms with Gasteiger partial charge in [-0.2, -0.15) is 0 Å². The normalized spacial score (nSPS) is 10.3. The van der Waals surface area contributed by atoms with Crippen molar-refractivity contribution in [2.45, 2.75) is 20.4 Å². The lowest BCUT2D eigenvalue weighted by molar-refractivity contribution is 0.0946. The van der Waals surface area contributed by atoms with Crippen LogP contribution in [0, 0.1) is 13.8 Å². The van der Waals surface area contributed by atoms with Crippen LogP contribution in [0.1, 0.15) is 27.2 Å². The molecule has 0 unspecified atom stereocenters. The smallest absolute Gasteiger partial charge is 0.270 e. The molecule has 0 saturated carbocycles. The number of hydrogen-bond acceptors (Lipinski definition) is 6. The van der Waals surface area contributed by atoms with E-state index in [0.29, 0.717) is 24.0 Å². The van der Waals surface area contributed by atoms with Gasteiger partial charge in [-0.15, -0.1) is 0 Å². The molecule has 0 fully saturated rings. The molecule has 0 aliphatic rings. The number of carbonyl (C=O) groups excluding carboxylic acids is 1. The molecule has 150 valence electrons. The number of aryl methyl sites for hydroxylation is 2. The van der Waals surface area contributed by atoms with Crippen LogP contribution >= 0.6 is 0 Å². The molecule has 1 aromatic heterocycles. The van der Waals surface area contributed by atoms with E-state index in [1.165, 1.54) is 11.1 Å². The minimum Gasteiger partial charge on any atom is -0.493 e. The van der Waals surface area contributed by atoms with E-state index >= 15 is 0 Å². The van der Waals surface area contributed by atoms with Crippen LogP contribution in [0.2, 0.25) is 0 Å². The van der Waals surface area contributed by atoms with Gasteiger partial charge in [0.25, 0.3) is 5.91 Å². The Morgan fingerprint density at radius 3 is 2.48 bits per heavy atom. The van der Waals surface area contributed by atoms with Crippen molar-refractivity contribution in [2.75, 3.05) is 19.5 Å². The summed E-state index contributed by atoms with van der Waals surface area (Å²) in [5, 5.41) is 5.99. The predicted molar refractivity (Wildman–Crippen MR) is 112 cm³/mol. The summed E-state index contributed by atoms with van der Waals surface area (Å²) >= 11 is 0. The number of rotatable bonds is 7. The molecule has 0 atom stereocenters. The summed E-state index contributed by atoms with van der Waals surface area (Å²) in [7, 11) is 3.16. The zero-order valence-corrected chi connectivity index (χ0v) is 16.9. The van der Waals surface area contributed by atoms with Crippen LogP contribution in [0.5, 0.6) is 11.5 Å². The molecule has 0 radical (unpaired) electrons. The average Bonchev–Trinajstić information content (AvgIpc) is 2.74. The summed E-state index contributed by atoms with van der Waals surface area (Å²) < 4.78 is 10.5. The molecule has 0 bridgehead atoms. The van der Waals surface area contributed by atoms with E-state index in [-0.39, 0.29) is 11.6 Å². The molecule has 0 spiro atoms. The summed E-state index contributed by atoms with van der Waals surface area (Å²) in [5.74, 6) is 1.33. The molecule has 2 N–H and O–H groups in total. The third-order valence-corrected chi connectivity index (χ3v) is 4.55. The molecule has 3 aromatic rings. The first-order chi connectivity index (χ1) is 14.0. The number of aromatic nitrogens is 2.